The minimum Gasteiger partial charge on any atom is -0.412 e. The summed E-state index contributed by atoms with van der Waals surface area (Å²) in [6, 6.07) is 3.76. The van der Waals surface area contributed by atoms with Crippen molar-refractivity contribution in [3.8, 4) is 0 Å². The van der Waals surface area contributed by atoms with Crippen molar-refractivity contribution in [3.63, 3.8) is 0 Å². The van der Waals surface area contributed by atoms with Gasteiger partial charge in [-0.2, -0.15) is 0 Å². The number of allylic oxidation sites excluding steroid dienone is 10. The van der Waals surface area contributed by atoms with Crippen LogP contribution >= 0.6 is 0 Å². The summed E-state index contributed by atoms with van der Waals surface area (Å²) >= 11 is 0. The van der Waals surface area contributed by atoms with Crippen LogP contribution in [0.15, 0.2) is 69.9 Å². The van der Waals surface area contributed by atoms with E-state index in [1.165, 1.54) is 126 Å². The number of fused-ring (bicyclic) bond motifs is 2. The fourth-order valence-corrected chi connectivity index (χ4v) is 19.7. The van der Waals surface area contributed by atoms with Crippen LogP contribution in [0.4, 0.5) is 0 Å². The lowest BCUT2D eigenvalue weighted by atomic mass is 9.60. The summed E-state index contributed by atoms with van der Waals surface area (Å²) in [6.45, 7) is 34.8. The van der Waals surface area contributed by atoms with Crippen molar-refractivity contribution in [3.05, 3.63) is 69.9 Å². The number of rotatable bonds is 17. The van der Waals surface area contributed by atoms with Crippen molar-refractivity contribution >= 4 is 8.32 Å². The molecule has 6 aliphatic carbocycles. The molecule has 12 atom stereocenters. The molecule has 394 valence electrons. The van der Waals surface area contributed by atoms with Gasteiger partial charge in [-0.15, -0.1) is 0 Å². The van der Waals surface area contributed by atoms with E-state index >= 15 is 0 Å². The van der Waals surface area contributed by atoms with Crippen molar-refractivity contribution in [1.29, 1.82) is 0 Å². The normalized spacial score (nSPS) is 34.2. The Hall–Kier alpha value is -1.50. The standard InChI is InChI=1S/C36H64OSi.C28H46O3/c1-11-32-28(6)25-30(26-29(32)7)19-20-31-18-16-24-36(10)33(21-22-34(31)36)27(5)17-15-23-35(8,9)37-38(12-2,13-3)14-4;1-6-22-25(29)17-20(18-26(22)30)11-12-21-10-8-16-28(5)23(13-14-24(21)28)19(2)9-7-15-27(3,4)31/h11,19-20,27-29,33-34H,12-18,21-26H2,1-10H3;6,11-12,19,23-26,29-31H,7-10,13-18H2,1-5H3/b30-19?,31-20+,32-11?;20-11?,21-12+,22-6?/t27-,28-,29-,33?,34?,36-;19-,23?,24?,25-,26-,28-/m11/s1. The van der Waals surface area contributed by atoms with Crippen molar-refractivity contribution in [2.24, 2.45) is 58.2 Å². The van der Waals surface area contributed by atoms with Crippen LogP contribution in [0.2, 0.25) is 18.1 Å². The topological polar surface area (TPSA) is 69.9 Å². The van der Waals surface area contributed by atoms with E-state index in [9.17, 15) is 15.3 Å². The molecule has 4 unspecified atom stereocenters. The van der Waals surface area contributed by atoms with E-state index in [0.29, 0.717) is 47.3 Å². The Morgan fingerprint density at radius 3 is 1.46 bits per heavy atom. The van der Waals surface area contributed by atoms with E-state index in [4.69, 9.17) is 4.43 Å². The number of hydrogen-bond donors (Lipinski definition) is 3. The van der Waals surface area contributed by atoms with E-state index < -0.39 is 26.1 Å². The monoisotopic (exact) mass is 971 g/mol. The van der Waals surface area contributed by atoms with Gasteiger partial charge in [-0.3, -0.25) is 0 Å². The van der Waals surface area contributed by atoms with Gasteiger partial charge in [-0.25, -0.2) is 0 Å². The van der Waals surface area contributed by atoms with Crippen molar-refractivity contribution in [2.45, 2.75) is 274 Å². The molecule has 6 saturated carbocycles. The Morgan fingerprint density at radius 2 is 1.06 bits per heavy atom. The first-order chi connectivity index (χ1) is 32.5. The molecule has 4 nitrogen and oxygen atoms in total. The summed E-state index contributed by atoms with van der Waals surface area (Å²) in [5.74, 6) is 6.09. The second kappa shape index (κ2) is 25.2. The van der Waals surface area contributed by atoms with Crippen LogP contribution in [0.25, 0.3) is 0 Å². The van der Waals surface area contributed by atoms with Gasteiger partial charge in [0.05, 0.1) is 23.4 Å². The average molecular weight is 972 g/mol. The Kier molecular flexibility index (Phi) is 21.3. The SMILES string of the molecule is CC=C1[C@H](C)CC(=C/C=C2\CCC[C@@]3(C)C2CCC3[C@H](C)CCCC(C)(C)O[Si](CC)(CC)CC)C[C@H]1C.CC=C1[C@H](O)CC(=C/C=C2\CCC[C@@]3(C)C2CCC3[C@H](C)CCCC(C)(C)O)C[C@H]1O. The van der Waals surface area contributed by atoms with Crippen LogP contribution in [0, 0.1) is 58.2 Å². The largest absolute Gasteiger partial charge is 0.412 e. The molecule has 0 aliphatic heterocycles. The van der Waals surface area contributed by atoms with Crippen molar-refractivity contribution in [1.82, 2.24) is 0 Å². The van der Waals surface area contributed by atoms with Crippen LogP contribution in [-0.4, -0.2) is 47.0 Å². The highest BCUT2D eigenvalue weighted by atomic mass is 28.4. The summed E-state index contributed by atoms with van der Waals surface area (Å²) in [5.41, 5.74) is 9.05. The predicted molar refractivity (Wildman–Crippen MR) is 300 cm³/mol. The van der Waals surface area contributed by atoms with Gasteiger partial charge in [-0.05, 0) is 226 Å². The molecule has 0 bridgehead atoms. The molecule has 69 heavy (non-hydrogen) atoms. The first-order valence-corrected chi connectivity index (χ1v) is 31.9. The van der Waals surface area contributed by atoms with Gasteiger partial charge < -0.3 is 19.7 Å². The molecule has 6 rings (SSSR count). The maximum absolute atomic E-state index is 10.3. The van der Waals surface area contributed by atoms with Gasteiger partial charge in [0.2, 0.25) is 0 Å². The molecule has 0 radical (unpaired) electrons. The summed E-state index contributed by atoms with van der Waals surface area (Å²) in [7, 11) is -1.55. The lowest BCUT2D eigenvalue weighted by Gasteiger charge is -2.44. The minimum absolute atomic E-state index is 0.0339. The second-order valence-corrected chi connectivity index (χ2v) is 30.9. The van der Waals surface area contributed by atoms with Gasteiger partial charge in [0, 0.05) is 0 Å². The third kappa shape index (κ3) is 14.6. The minimum atomic E-state index is -1.55. The van der Waals surface area contributed by atoms with E-state index in [1.54, 1.807) is 22.3 Å². The summed E-state index contributed by atoms with van der Waals surface area (Å²) in [6.07, 6.45) is 37.2. The van der Waals surface area contributed by atoms with Crippen molar-refractivity contribution in [2.75, 3.05) is 0 Å². The van der Waals surface area contributed by atoms with Crippen molar-refractivity contribution < 1.29 is 19.7 Å². The van der Waals surface area contributed by atoms with Gasteiger partial charge in [-0.1, -0.05) is 152 Å². The molecule has 0 spiro atoms. The Morgan fingerprint density at radius 1 is 0.638 bits per heavy atom. The molecule has 6 aliphatic rings. The van der Waals surface area contributed by atoms with Gasteiger partial charge in [0.15, 0.2) is 8.32 Å². The molecule has 6 fully saturated rings. The number of aliphatic hydroxyl groups is 3. The van der Waals surface area contributed by atoms with Gasteiger partial charge in [0.25, 0.3) is 0 Å². The zero-order valence-electron chi connectivity index (χ0n) is 47.8. The fourth-order valence-electron chi connectivity index (χ4n) is 16.4. The lowest BCUT2D eigenvalue weighted by Crippen LogP contribution is -2.44. The Balaban J connectivity index is 0.000000263. The van der Waals surface area contributed by atoms with E-state index in [2.05, 4.69) is 113 Å². The molecular weight excluding hydrogens is 861 g/mol. The second-order valence-electron chi connectivity index (χ2n) is 26.2. The van der Waals surface area contributed by atoms with Crippen LogP contribution < -0.4 is 0 Å². The summed E-state index contributed by atoms with van der Waals surface area (Å²) < 4.78 is 6.93. The molecule has 0 amide bonds. The van der Waals surface area contributed by atoms with Crippen LogP contribution in [-0.2, 0) is 4.43 Å². The molecule has 0 saturated heterocycles. The quantitative estimate of drug-likeness (QED) is 0.100. The third-order valence-electron chi connectivity index (χ3n) is 20.5. The van der Waals surface area contributed by atoms with Gasteiger partial charge in [0.1, 0.15) is 0 Å². The molecule has 0 aromatic rings. The van der Waals surface area contributed by atoms with E-state index in [-0.39, 0.29) is 5.60 Å². The molecular formula is C64H110O4Si. The van der Waals surface area contributed by atoms with Crippen LogP contribution in [0.3, 0.4) is 0 Å². The first-order valence-electron chi connectivity index (χ1n) is 29.4. The third-order valence-corrected chi connectivity index (χ3v) is 25.3. The van der Waals surface area contributed by atoms with Gasteiger partial charge >= 0.3 is 0 Å². The molecule has 3 N–H and O–H groups in total. The molecule has 0 aromatic carbocycles. The first kappa shape index (κ1) is 58.4. The smallest absolute Gasteiger partial charge is 0.192 e. The van der Waals surface area contributed by atoms with E-state index in [0.717, 1.165) is 42.1 Å². The predicted octanol–water partition coefficient (Wildman–Crippen LogP) is 17.8. The molecule has 0 heterocycles. The number of hydrogen-bond acceptors (Lipinski definition) is 4. The molecule has 0 aromatic heterocycles. The zero-order chi connectivity index (χ0) is 51.0. The average Bonchev–Trinajstić information content (AvgIpc) is 3.83. The fraction of sp³-hybridized carbons (Fsp3) is 0.812. The number of aliphatic hydroxyl groups excluding tert-OH is 2. The molecule has 5 heteroatoms. The lowest BCUT2D eigenvalue weighted by molar-refractivity contribution is 0.0596. The highest BCUT2D eigenvalue weighted by Gasteiger charge is 2.52. The maximum atomic E-state index is 10.3. The Bertz CT molecular complexity index is 1790. The highest BCUT2D eigenvalue weighted by Crippen LogP contribution is 2.61. The Labute approximate surface area is 428 Å². The zero-order valence-corrected chi connectivity index (χ0v) is 48.8. The van der Waals surface area contributed by atoms with Crippen LogP contribution in [0.1, 0.15) is 232 Å². The highest BCUT2D eigenvalue weighted by molar-refractivity contribution is 6.73. The summed E-state index contributed by atoms with van der Waals surface area (Å²) in [4.78, 5) is 0. The van der Waals surface area contributed by atoms with E-state index in [1.807, 2.05) is 26.8 Å². The maximum Gasteiger partial charge on any atom is 0.192 e. The summed E-state index contributed by atoms with van der Waals surface area (Å²) in [5, 5.41) is 30.7. The van der Waals surface area contributed by atoms with Crippen LogP contribution in [0.5, 0.6) is 0 Å².